The van der Waals surface area contributed by atoms with Crippen LogP contribution in [0.3, 0.4) is 0 Å². The number of anilines is 3. The molecule has 7 heteroatoms. The van der Waals surface area contributed by atoms with Crippen LogP contribution in [0.2, 0.25) is 0 Å². The van der Waals surface area contributed by atoms with Crippen molar-refractivity contribution >= 4 is 23.2 Å². The quantitative estimate of drug-likeness (QED) is 0.437. The van der Waals surface area contributed by atoms with Crippen molar-refractivity contribution in [1.82, 2.24) is 15.0 Å². The minimum atomic E-state index is -0.228. The molecule has 2 heterocycles. The van der Waals surface area contributed by atoms with Crippen LogP contribution in [-0.2, 0) is 6.61 Å². The lowest BCUT2D eigenvalue weighted by molar-refractivity contribution is 0.102. The number of hydrogen-bond acceptors (Lipinski definition) is 6. The Hall–Kier alpha value is -4.10. The van der Waals surface area contributed by atoms with Crippen LogP contribution in [0.1, 0.15) is 21.5 Å². The Morgan fingerprint density at radius 1 is 1.03 bits per heavy atom. The lowest BCUT2D eigenvalue weighted by Gasteiger charge is -2.12. The molecule has 2 aromatic heterocycles. The summed E-state index contributed by atoms with van der Waals surface area (Å²) in [6, 6.07) is 18.0. The summed E-state index contributed by atoms with van der Waals surface area (Å²) in [5, 5.41) is 15.3. The Balaban J connectivity index is 1.52. The van der Waals surface area contributed by atoms with Crippen molar-refractivity contribution in [3.05, 3.63) is 95.9 Å². The van der Waals surface area contributed by atoms with Gasteiger partial charge in [0.2, 0.25) is 5.95 Å². The molecule has 31 heavy (non-hydrogen) atoms. The summed E-state index contributed by atoms with van der Waals surface area (Å²) in [6.07, 6.45) is 5.16. The number of benzene rings is 2. The molecule has 0 unspecified atom stereocenters. The van der Waals surface area contributed by atoms with Crippen LogP contribution >= 0.6 is 0 Å². The number of aliphatic hydroxyl groups is 1. The summed E-state index contributed by atoms with van der Waals surface area (Å²) in [6.45, 7) is 1.91. The van der Waals surface area contributed by atoms with E-state index in [4.69, 9.17) is 5.11 Å². The molecule has 4 rings (SSSR count). The second-order valence-electron chi connectivity index (χ2n) is 6.97. The lowest BCUT2D eigenvalue weighted by Crippen LogP contribution is -2.12. The minimum absolute atomic E-state index is 0.0566. The highest BCUT2D eigenvalue weighted by atomic mass is 16.3. The first-order valence-corrected chi connectivity index (χ1v) is 9.74. The van der Waals surface area contributed by atoms with Crippen LogP contribution < -0.4 is 10.6 Å². The van der Waals surface area contributed by atoms with E-state index < -0.39 is 0 Å². The van der Waals surface area contributed by atoms with E-state index in [0.29, 0.717) is 17.2 Å². The average molecular weight is 411 g/mol. The molecule has 0 bridgehead atoms. The fourth-order valence-electron chi connectivity index (χ4n) is 3.01. The summed E-state index contributed by atoms with van der Waals surface area (Å²) in [4.78, 5) is 25.5. The smallest absolute Gasteiger partial charge is 0.255 e. The van der Waals surface area contributed by atoms with E-state index in [1.165, 1.54) is 0 Å². The van der Waals surface area contributed by atoms with Crippen molar-refractivity contribution in [2.75, 3.05) is 10.6 Å². The summed E-state index contributed by atoms with van der Waals surface area (Å²) in [5.41, 5.74) is 5.36. The first-order valence-electron chi connectivity index (χ1n) is 9.74. The molecule has 0 radical (unpaired) electrons. The molecule has 154 valence electrons. The first-order chi connectivity index (χ1) is 15.1. The second kappa shape index (κ2) is 9.15. The van der Waals surface area contributed by atoms with Gasteiger partial charge < -0.3 is 15.7 Å². The molecular weight excluding hydrogens is 390 g/mol. The fourth-order valence-corrected chi connectivity index (χ4v) is 3.01. The topological polar surface area (TPSA) is 100 Å². The van der Waals surface area contributed by atoms with Crippen molar-refractivity contribution in [2.45, 2.75) is 13.5 Å². The fraction of sp³-hybridized carbons (Fsp3) is 0.0833. The highest BCUT2D eigenvalue weighted by molar-refractivity contribution is 6.04. The number of hydrogen-bond donors (Lipinski definition) is 3. The molecule has 4 aromatic rings. The van der Waals surface area contributed by atoms with E-state index in [0.717, 1.165) is 28.1 Å². The Kier molecular flexibility index (Phi) is 5.96. The maximum absolute atomic E-state index is 12.5. The molecule has 0 atom stereocenters. The first kappa shape index (κ1) is 20.2. The third-order valence-electron chi connectivity index (χ3n) is 4.75. The second-order valence-corrected chi connectivity index (χ2v) is 6.97. The Bertz CT molecular complexity index is 1190. The highest BCUT2D eigenvalue weighted by Crippen LogP contribution is 2.24. The molecule has 3 N–H and O–H groups in total. The van der Waals surface area contributed by atoms with Crippen LogP contribution in [0.15, 0.2) is 79.3 Å². The van der Waals surface area contributed by atoms with E-state index in [1.807, 2.05) is 43.3 Å². The zero-order chi connectivity index (χ0) is 21.6. The van der Waals surface area contributed by atoms with E-state index in [2.05, 4.69) is 25.6 Å². The number of amides is 1. The number of pyridine rings is 1. The van der Waals surface area contributed by atoms with Crippen LogP contribution in [0.4, 0.5) is 17.3 Å². The lowest BCUT2D eigenvalue weighted by atomic mass is 10.1. The molecule has 0 saturated heterocycles. The monoisotopic (exact) mass is 411 g/mol. The SMILES string of the molecule is Cc1ccc(NC(=O)c2ccc(CO)cc2)cc1Nc1nccc(-c2cccnc2)n1. The summed E-state index contributed by atoms with van der Waals surface area (Å²) < 4.78 is 0. The number of carbonyl (C=O) groups excluding carboxylic acids is 1. The third kappa shape index (κ3) is 4.91. The number of nitrogens with one attached hydrogen (secondary N) is 2. The van der Waals surface area contributed by atoms with Crippen molar-refractivity contribution in [3.8, 4) is 11.3 Å². The normalized spacial score (nSPS) is 10.5. The van der Waals surface area contributed by atoms with Gasteiger partial charge >= 0.3 is 0 Å². The molecule has 0 aliphatic rings. The van der Waals surface area contributed by atoms with Crippen molar-refractivity contribution in [2.24, 2.45) is 0 Å². The highest BCUT2D eigenvalue weighted by Gasteiger charge is 2.09. The predicted octanol–water partition coefficient (Wildman–Crippen LogP) is 4.34. The zero-order valence-corrected chi connectivity index (χ0v) is 16.9. The van der Waals surface area contributed by atoms with Crippen LogP contribution in [0.5, 0.6) is 0 Å². The van der Waals surface area contributed by atoms with Crippen molar-refractivity contribution in [1.29, 1.82) is 0 Å². The van der Waals surface area contributed by atoms with Crippen molar-refractivity contribution in [3.63, 3.8) is 0 Å². The van der Waals surface area contributed by atoms with Gasteiger partial charge in [-0.1, -0.05) is 18.2 Å². The van der Waals surface area contributed by atoms with Gasteiger partial charge in [-0.15, -0.1) is 0 Å². The summed E-state index contributed by atoms with van der Waals surface area (Å²) >= 11 is 0. The van der Waals surface area contributed by atoms with E-state index >= 15 is 0 Å². The van der Waals surface area contributed by atoms with Crippen LogP contribution in [-0.4, -0.2) is 26.0 Å². The standard InChI is InChI=1S/C24H21N5O2/c1-16-4-9-20(27-23(31)18-7-5-17(15-30)6-8-18)13-22(16)29-24-26-12-10-21(28-24)19-3-2-11-25-14-19/h2-14,30H,15H2,1H3,(H,27,31)(H,26,28,29). The van der Waals surface area contributed by atoms with Gasteiger partial charge in [-0.05, 0) is 60.5 Å². The van der Waals surface area contributed by atoms with Crippen LogP contribution in [0, 0.1) is 6.92 Å². The van der Waals surface area contributed by atoms with E-state index in [1.54, 1.807) is 42.9 Å². The number of carbonyl (C=O) groups is 1. The molecule has 0 spiro atoms. The Morgan fingerprint density at radius 2 is 1.87 bits per heavy atom. The zero-order valence-electron chi connectivity index (χ0n) is 16.9. The number of nitrogens with zero attached hydrogens (tertiary/aromatic N) is 3. The molecule has 0 fully saturated rings. The number of aryl methyl sites for hydroxylation is 1. The third-order valence-corrected chi connectivity index (χ3v) is 4.75. The molecule has 0 aliphatic heterocycles. The molecule has 0 aliphatic carbocycles. The number of rotatable bonds is 6. The Labute approximate surface area is 179 Å². The predicted molar refractivity (Wildman–Crippen MR) is 120 cm³/mol. The minimum Gasteiger partial charge on any atom is -0.392 e. The van der Waals surface area contributed by atoms with E-state index in [9.17, 15) is 4.79 Å². The van der Waals surface area contributed by atoms with Gasteiger partial charge in [-0.3, -0.25) is 9.78 Å². The van der Waals surface area contributed by atoms with Crippen LogP contribution in [0.25, 0.3) is 11.3 Å². The van der Waals surface area contributed by atoms with Gasteiger partial charge in [0, 0.05) is 41.1 Å². The van der Waals surface area contributed by atoms with Crippen molar-refractivity contribution < 1.29 is 9.90 Å². The maximum Gasteiger partial charge on any atom is 0.255 e. The average Bonchev–Trinajstić information content (AvgIpc) is 2.82. The molecule has 7 nitrogen and oxygen atoms in total. The van der Waals surface area contributed by atoms with Gasteiger partial charge in [-0.2, -0.15) is 0 Å². The molecule has 1 amide bonds. The summed E-state index contributed by atoms with van der Waals surface area (Å²) in [5.74, 6) is 0.224. The van der Waals surface area contributed by atoms with Gasteiger partial charge in [-0.25, -0.2) is 9.97 Å². The number of aliphatic hydroxyl groups excluding tert-OH is 1. The number of aromatic nitrogens is 3. The Morgan fingerprint density at radius 3 is 2.61 bits per heavy atom. The van der Waals surface area contributed by atoms with E-state index in [-0.39, 0.29) is 12.5 Å². The maximum atomic E-state index is 12.5. The van der Waals surface area contributed by atoms with Gasteiger partial charge in [0.05, 0.1) is 12.3 Å². The largest absolute Gasteiger partial charge is 0.392 e. The molecular formula is C24H21N5O2. The summed E-state index contributed by atoms with van der Waals surface area (Å²) in [7, 11) is 0. The molecule has 0 saturated carbocycles. The van der Waals surface area contributed by atoms with Gasteiger partial charge in [0.1, 0.15) is 0 Å². The van der Waals surface area contributed by atoms with Gasteiger partial charge in [0.15, 0.2) is 0 Å². The van der Waals surface area contributed by atoms with Gasteiger partial charge in [0.25, 0.3) is 5.91 Å². The molecule has 2 aromatic carbocycles.